The van der Waals surface area contributed by atoms with Crippen molar-refractivity contribution < 1.29 is 23.1 Å². The first-order valence-electron chi connectivity index (χ1n) is 5.50. The van der Waals surface area contributed by atoms with Crippen molar-refractivity contribution in [2.75, 3.05) is 18.4 Å². The molecule has 0 saturated carbocycles. The molecule has 0 unspecified atom stereocenters. The van der Waals surface area contributed by atoms with Gasteiger partial charge in [0.1, 0.15) is 0 Å². The Labute approximate surface area is 106 Å². The lowest BCUT2D eigenvalue weighted by atomic mass is 10.3. The molecule has 1 atom stereocenters. The fourth-order valence-electron chi connectivity index (χ4n) is 1.78. The smallest absolute Gasteiger partial charge is 0.419 e. The minimum absolute atomic E-state index is 0.0604. The number of halogens is 3. The number of anilines is 1. The van der Waals surface area contributed by atoms with Crippen LogP contribution in [0.4, 0.5) is 23.9 Å². The summed E-state index contributed by atoms with van der Waals surface area (Å²) in [6, 6.07) is -0.187. The monoisotopic (exact) mass is 276 g/mol. The number of nitrogens with one attached hydrogen (secondary N) is 1. The van der Waals surface area contributed by atoms with Crippen molar-refractivity contribution in [3.05, 3.63) is 18.0 Å². The van der Waals surface area contributed by atoms with Crippen molar-refractivity contribution in [3.8, 4) is 0 Å². The SMILES string of the molecule is O=C(O)N1CC[C@H](Nc2ncc(C(F)(F)F)cn2)C1. The van der Waals surface area contributed by atoms with Gasteiger partial charge in [0.15, 0.2) is 0 Å². The summed E-state index contributed by atoms with van der Waals surface area (Å²) in [5.74, 6) is 0.0604. The number of likely N-dealkylation sites (tertiary alicyclic amines) is 1. The van der Waals surface area contributed by atoms with Crippen LogP contribution in [0.2, 0.25) is 0 Å². The predicted molar refractivity (Wildman–Crippen MR) is 58.7 cm³/mol. The molecule has 19 heavy (non-hydrogen) atoms. The summed E-state index contributed by atoms with van der Waals surface area (Å²) in [7, 11) is 0. The first-order chi connectivity index (χ1) is 8.86. The molecule has 0 aromatic carbocycles. The second kappa shape index (κ2) is 4.90. The average Bonchev–Trinajstić information content (AvgIpc) is 2.77. The van der Waals surface area contributed by atoms with E-state index in [1.165, 1.54) is 4.90 Å². The number of hydrogen-bond donors (Lipinski definition) is 2. The number of amides is 1. The van der Waals surface area contributed by atoms with Crippen LogP contribution >= 0.6 is 0 Å². The van der Waals surface area contributed by atoms with Gasteiger partial charge in [-0.15, -0.1) is 0 Å². The molecule has 0 bridgehead atoms. The van der Waals surface area contributed by atoms with Crippen molar-refractivity contribution in [2.24, 2.45) is 0 Å². The fraction of sp³-hybridized carbons (Fsp3) is 0.500. The van der Waals surface area contributed by atoms with Crippen LogP contribution in [0.3, 0.4) is 0 Å². The van der Waals surface area contributed by atoms with Crippen molar-refractivity contribution >= 4 is 12.0 Å². The number of rotatable bonds is 2. The number of nitrogens with zero attached hydrogens (tertiary/aromatic N) is 3. The normalized spacial score (nSPS) is 19.5. The van der Waals surface area contributed by atoms with E-state index in [1.807, 2.05) is 0 Å². The minimum Gasteiger partial charge on any atom is -0.465 e. The van der Waals surface area contributed by atoms with Gasteiger partial charge in [0, 0.05) is 31.5 Å². The zero-order valence-corrected chi connectivity index (χ0v) is 9.68. The Bertz CT molecular complexity index is 463. The Balaban J connectivity index is 1.96. The van der Waals surface area contributed by atoms with E-state index in [1.54, 1.807) is 0 Å². The minimum atomic E-state index is -4.47. The molecular weight excluding hydrogens is 265 g/mol. The van der Waals surface area contributed by atoms with Crippen molar-refractivity contribution in [3.63, 3.8) is 0 Å². The Morgan fingerprint density at radius 2 is 2.05 bits per heavy atom. The molecule has 0 aliphatic carbocycles. The molecule has 2 N–H and O–H groups in total. The zero-order valence-electron chi connectivity index (χ0n) is 9.68. The summed E-state index contributed by atoms with van der Waals surface area (Å²) in [6.45, 7) is 0.646. The Hall–Kier alpha value is -2.06. The highest BCUT2D eigenvalue weighted by molar-refractivity contribution is 5.65. The average molecular weight is 276 g/mol. The third-order valence-electron chi connectivity index (χ3n) is 2.77. The van der Waals surface area contributed by atoms with Crippen LogP contribution in [0.5, 0.6) is 0 Å². The van der Waals surface area contributed by atoms with E-state index < -0.39 is 17.8 Å². The van der Waals surface area contributed by atoms with Crippen LogP contribution in [0.25, 0.3) is 0 Å². The predicted octanol–water partition coefficient (Wildman–Crippen LogP) is 1.66. The maximum atomic E-state index is 12.3. The van der Waals surface area contributed by atoms with Gasteiger partial charge >= 0.3 is 12.3 Å². The van der Waals surface area contributed by atoms with Gasteiger partial charge in [0.05, 0.1) is 5.56 Å². The summed E-state index contributed by atoms with van der Waals surface area (Å²) >= 11 is 0. The van der Waals surface area contributed by atoms with E-state index in [-0.39, 0.29) is 18.5 Å². The van der Waals surface area contributed by atoms with Crippen molar-refractivity contribution in [2.45, 2.75) is 18.6 Å². The maximum absolute atomic E-state index is 12.3. The number of alkyl halides is 3. The van der Waals surface area contributed by atoms with Gasteiger partial charge in [-0.1, -0.05) is 0 Å². The molecule has 6 nitrogen and oxygen atoms in total. The van der Waals surface area contributed by atoms with Crippen molar-refractivity contribution in [1.82, 2.24) is 14.9 Å². The Morgan fingerprint density at radius 3 is 2.53 bits per heavy atom. The Morgan fingerprint density at radius 1 is 1.42 bits per heavy atom. The fourth-order valence-corrected chi connectivity index (χ4v) is 1.78. The summed E-state index contributed by atoms with van der Waals surface area (Å²) in [6.07, 6.45) is -3.53. The second-order valence-electron chi connectivity index (χ2n) is 4.15. The molecule has 9 heteroatoms. The lowest BCUT2D eigenvalue weighted by molar-refractivity contribution is -0.138. The summed E-state index contributed by atoms with van der Waals surface area (Å²) in [5.41, 5.74) is -0.920. The first-order valence-corrected chi connectivity index (χ1v) is 5.50. The highest BCUT2D eigenvalue weighted by Gasteiger charge is 2.31. The summed E-state index contributed by atoms with van der Waals surface area (Å²) in [4.78, 5) is 19.1. The van der Waals surface area contributed by atoms with Crippen LogP contribution in [-0.2, 0) is 6.18 Å². The van der Waals surface area contributed by atoms with Crippen molar-refractivity contribution in [1.29, 1.82) is 0 Å². The quantitative estimate of drug-likeness (QED) is 0.859. The van der Waals surface area contributed by atoms with E-state index >= 15 is 0 Å². The molecule has 104 valence electrons. The molecule has 2 heterocycles. The first kappa shape index (κ1) is 13.4. The number of carbonyl (C=O) groups is 1. The van der Waals surface area contributed by atoms with Crippen LogP contribution in [0.1, 0.15) is 12.0 Å². The maximum Gasteiger partial charge on any atom is 0.419 e. The molecule has 0 radical (unpaired) electrons. The van der Waals surface area contributed by atoms with Gasteiger partial charge in [0.25, 0.3) is 0 Å². The molecule has 1 amide bonds. The van der Waals surface area contributed by atoms with E-state index in [2.05, 4.69) is 15.3 Å². The standard InChI is InChI=1S/C10H11F3N4O2/c11-10(12,13)6-3-14-8(15-4-6)16-7-1-2-17(5-7)9(18)19/h3-4,7H,1-2,5H2,(H,18,19)(H,14,15,16)/t7-/m0/s1. The molecule has 1 aliphatic heterocycles. The van der Waals surface area contributed by atoms with E-state index in [0.717, 1.165) is 0 Å². The molecular formula is C10H11F3N4O2. The highest BCUT2D eigenvalue weighted by atomic mass is 19.4. The molecule has 1 fully saturated rings. The number of hydrogen-bond acceptors (Lipinski definition) is 4. The van der Waals surface area contributed by atoms with Gasteiger partial charge < -0.3 is 15.3 Å². The van der Waals surface area contributed by atoms with E-state index in [0.29, 0.717) is 25.4 Å². The van der Waals surface area contributed by atoms with Crippen LogP contribution in [-0.4, -0.2) is 45.2 Å². The van der Waals surface area contributed by atoms with Gasteiger partial charge in [-0.3, -0.25) is 0 Å². The largest absolute Gasteiger partial charge is 0.465 e. The van der Waals surface area contributed by atoms with Gasteiger partial charge in [0.2, 0.25) is 5.95 Å². The van der Waals surface area contributed by atoms with E-state index in [4.69, 9.17) is 5.11 Å². The van der Waals surface area contributed by atoms with Gasteiger partial charge in [-0.2, -0.15) is 13.2 Å². The third kappa shape index (κ3) is 3.24. The summed E-state index contributed by atoms with van der Waals surface area (Å²) in [5, 5.41) is 11.6. The lowest BCUT2D eigenvalue weighted by Crippen LogP contribution is -2.30. The summed E-state index contributed by atoms with van der Waals surface area (Å²) < 4.78 is 36.9. The topological polar surface area (TPSA) is 78.4 Å². The van der Waals surface area contributed by atoms with Crippen LogP contribution < -0.4 is 5.32 Å². The van der Waals surface area contributed by atoms with Gasteiger partial charge in [-0.05, 0) is 6.42 Å². The molecule has 1 aromatic heterocycles. The highest BCUT2D eigenvalue weighted by Crippen LogP contribution is 2.28. The number of aromatic nitrogens is 2. The van der Waals surface area contributed by atoms with Crippen LogP contribution in [0.15, 0.2) is 12.4 Å². The lowest BCUT2D eigenvalue weighted by Gasteiger charge is -2.14. The molecule has 2 rings (SSSR count). The Kier molecular flexibility index (Phi) is 3.45. The zero-order chi connectivity index (χ0) is 14.0. The van der Waals surface area contributed by atoms with E-state index in [9.17, 15) is 18.0 Å². The van der Waals surface area contributed by atoms with Gasteiger partial charge in [-0.25, -0.2) is 14.8 Å². The second-order valence-corrected chi connectivity index (χ2v) is 4.15. The third-order valence-corrected chi connectivity index (χ3v) is 2.77. The van der Waals surface area contributed by atoms with Crippen LogP contribution in [0, 0.1) is 0 Å². The molecule has 1 saturated heterocycles. The molecule has 1 aliphatic rings. The molecule has 1 aromatic rings. The molecule has 0 spiro atoms. The number of carboxylic acid groups (broad SMARTS) is 1.